The van der Waals surface area contributed by atoms with Gasteiger partial charge < -0.3 is 19.7 Å². The summed E-state index contributed by atoms with van der Waals surface area (Å²) in [7, 11) is 1.61. The van der Waals surface area contributed by atoms with Crippen molar-refractivity contribution in [3.05, 3.63) is 59.7 Å². The second kappa shape index (κ2) is 12.3. The van der Waals surface area contributed by atoms with Crippen molar-refractivity contribution in [2.24, 2.45) is 0 Å². The van der Waals surface area contributed by atoms with Crippen molar-refractivity contribution in [3.8, 4) is 11.5 Å². The maximum Gasteiger partial charge on any atom is 0.261 e. The molecule has 1 aliphatic rings. The first kappa shape index (κ1) is 24.6. The van der Waals surface area contributed by atoms with Crippen molar-refractivity contribution < 1.29 is 19.1 Å². The number of carbonyl (C=O) groups is 2. The number of methoxy groups -OCH3 is 1. The first-order valence-corrected chi connectivity index (χ1v) is 12.0. The minimum atomic E-state index is -0.560. The van der Waals surface area contributed by atoms with Crippen molar-refractivity contribution in [2.75, 3.05) is 13.7 Å². The zero-order valence-electron chi connectivity index (χ0n) is 20.0. The summed E-state index contributed by atoms with van der Waals surface area (Å²) in [5, 5.41) is 3.16. The molecular weight excluding hydrogens is 416 g/mol. The Morgan fingerprint density at radius 1 is 1.03 bits per heavy atom. The van der Waals surface area contributed by atoms with Crippen LogP contribution in [0.3, 0.4) is 0 Å². The van der Waals surface area contributed by atoms with Gasteiger partial charge in [-0.2, -0.15) is 0 Å². The molecule has 0 spiro atoms. The van der Waals surface area contributed by atoms with Gasteiger partial charge in [-0.15, -0.1) is 0 Å². The van der Waals surface area contributed by atoms with E-state index >= 15 is 0 Å². The summed E-state index contributed by atoms with van der Waals surface area (Å²) in [5.74, 6) is 1.06. The van der Waals surface area contributed by atoms with Gasteiger partial charge in [0.2, 0.25) is 5.91 Å². The van der Waals surface area contributed by atoms with Gasteiger partial charge in [-0.05, 0) is 61.1 Å². The van der Waals surface area contributed by atoms with Gasteiger partial charge in [-0.1, -0.05) is 51.0 Å². The van der Waals surface area contributed by atoms with Gasteiger partial charge in [0.05, 0.1) is 7.11 Å². The quantitative estimate of drug-likeness (QED) is 0.545. The van der Waals surface area contributed by atoms with Crippen LogP contribution in [0.25, 0.3) is 0 Å². The second-order valence-electron chi connectivity index (χ2n) is 8.57. The Balaban J connectivity index is 1.75. The van der Waals surface area contributed by atoms with Crippen LogP contribution < -0.4 is 14.8 Å². The number of rotatable bonds is 11. The van der Waals surface area contributed by atoms with Crippen molar-refractivity contribution >= 4 is 11.8 Å². The molecule has 1 fully saturated rings. The molecular formula is C27H36N2O4. The lowest BCUT2D eigenvalue weighted by Gasteiger charge is -2.31. The minimum absolute atomic E-state index is 0.0899. The summed E-state index contributed by atoms with van der Waals surface area (Å²) >= 11 is 0. The van der Waals surface area contributed by atoms with Crippen molar-refractivity contribution in [1.82, 2.24) is 10.2 Å². The Hall–Kier alpha value is -3.02. The number of amides is 2. The van der Waals surface area contributed by atoms with Crippen LogP contribution in [0.2, 0.25) is 0 Å². The molecule has 0 saturated heterocycles. The molecule has 2 aromatic carbocycles. The number of ether oxygens (including phenoxy) is 2. The maximum atomic E-state index is 13.3. The molecule has 6 nitrogen and oxygen atoms in total. The smallest absolute Gasteiger partial charge is 0.261 e. The molecule has 1 atom stereocenters. The number of hydrogen-bond donors (Lipinski definition) is 1. The van der Waals surface area contributed by atoms with E-state index in [4.69, 9.17) is 9.47 Å². The van der Waals surface area contributed by atoms with Gasteiger partial charge in [-0.25, -0.2) is 0 Å². The van der Waals surface area contributed by atoms with Gasteiger partial charge in [0.25, 0.3) is 5.91 Å². The van der Waals surface area contributed by atoms with E-state index in [0.717, 1.165) is 43.4 Å². The van der Waals surface area contributed by atoms with Crippen LogP contribution >= 0.6 is 0 Å². The lowest BCUT2D eigenvalue weighted by atomic mass is 10.1. The highest BCUT2D eigenvalue weighted by molar-refractivity contribution is 5.88. The predicted molar refractivity (Wildman–Crippen MR) is 129 cm³/mol. The van der Waals surface area contributed by atoms with Crippen molar-refractivity contribution in [1.29, 1.82) is 0 Å². The Morgan fingerprint density at radius 3 is 2.39 bits per heavy atom. The molecule has 0 heterocycles. The first-order valence-electron chi connectivity index (χ1n) is 12.0. The summed E-state index contributed by atoms with van der Waals surface area (Å²) in [5.41, 5.74) is 2.12. The molecule has 3 rings (SSSR count). The summed E-state index contributed by atoms with van der Waals surface area (Å²) in [4.78, 5) is 28.1. The average Bonchev–Trinajstić information content (AvgIpc) is 3.35. The van der Waals surface area contributed by atoms with Gasteiger partial charge in [0.15, 0.2) is 6.61 Å². The number of hydrogen-bond acceptors (Lipinski definition) is 4. The third kappa shape index (κ3) is 6.98. The Labute approximate surface area is 197 Å². The standard InChI is InChI=1S/C27H36N2O4/c1-4-20-13-15-23(16-14-20)33-19-26(30)29(18-21-9-8-12-24(17-21)32-3)25(5-2)27(31)28-22-10-6-7-11-22/h8-9,12-17,22,25H,4-7,10-11,18-19H2,1-3H3,(H,28,31). The van der Waals surface area contributed by atoms with Crippen LogP contribution in [0, 0.1) is 0 Å². The fourth-order valence-corrected chi connectivity index (χ4v) is 4.30. The van der Waals surface area contributed by atoms with Crippen LogP contribution in [0.4, 0.5) is 0 Å². The molecule has 178 valence electrons. The summed E-state index contributed by atoms with van der Waals surface area (Å²) in [6, 6.07) is 15.0. The van der Waals surface area contributed by atoms with E-state index in [1.807, 2.05) is 55.5 Å². The molecule has 33 heavy (non-hydrogen) atoms. The van der Waals surface area contributed by atoms with Crippen molar-refractivity contribution in [2.45, 2.75) is 71.0 Å². The number of benzene rings is 2. The van der Waals surface area contributed by atoms with Gasteiger partial charge >= 0.3 is 0 Å². The van der Waals surface area contributed by atoms with Gasteiger partial charge in [0, 0.05) is 12.6 Å². The van der Waals surface area contributed by atoms with E-state index in [1.165, 1.54) is 5.56 Å². The minimum Gasteiger partial charge on any atom is -0.497 e. The molecule has 1 N–H and O–H groups in total. The second-order valence-corrected chi connectivity index (χ2v) is 8.57. The van der Waals surface area contributed by atoms with E-state index in [-0.39, 0.29) is 24.5 Å². The van der Waals surface area contributed by atoms with Gasteiger partial charge in [0.1, 0.15) is 17.5 Å². The largest absolute Gasteiger partial charge is 0.497 e. The molecule has 2 aromatic rings. The van der Waals surface area contributed by atoms with E-state index in [2.05, 4.69) is 12.2 Å². The third-order valence-electron chi connectivity index (χ3n) is 6.27. The highest BCUT2D eigenvalue weighted by Gasteiger charge is 2.31. The van der Waals surface area contributed by atoms with Crippen LogP contribution in [0.1, 0.15) is 57.1 Å². The van der Waals surface area contributed by atoms with E-state index in [1.54, 1.807) is 12.0 Å². The molecule has 6 heteroatoms. The van der Waals surface area contributed by atoms with Crippen LogP contribution in [-0.2, 0) is 22.6 Å². The number of carbonyl (C=O) groups excluding carboxylic acids is 2. The summed E-state index contributed by atoms with van der Waals surface area (Å²) in [6.07, 6.45) is 5.75. The molecule has 1 aliphatic carbocycles. The molecule has 0 radical (unpaired) electrons. The molecule has 1 unspecified atom stereocenters. The average molecular weight is 453 g/mol. The van der Waals surface area contributed by atoms with Crippen LogP contribution in [0.5, 0.6) is 11.5 Å². The van der Waals surface area contributed by atoms with E-state index in [0.29, 0.717) is 18.7 Å². The Morgan fingerprint density at radius 2 is 1.76 bits per heavy atom. The number of nitrogens with one attached hydrogen (secondary N) is 1. The normalized spacial score (nSPS) is 14.5. The lowest BCUT2D eigenvalue weighted by molar-refractivity contribution is -0.143. The third-order valence-corrected chi connectivity index (χ3v) is 6.27. The molecule has 0 aliphatic heterocycles. The van der Waals surface area contributed by atoms with E-state index < -0.39 is 6.04 Å². The van der Waals surface area contributed by atoms with Crippen molar-refractivity contribution in [3.63, 3.8) is 0 Å². The highest BCUT2D eigenvalue weighted by atomic mass is 16.5. The molecule has 1 saturated carbocycles. The zero-order chi connectivity index (χ0) is 23.6. The summed E-state index contributed by atoms with van der Waals surface area (Å²) < 4.78 is 11.1. The lowest BCUT2D eigenvalue weighted by Crippen LogP contribution is -2.52. The Kier molecular flexibility index (Phi) is 9.16. The monoisotopic (exact) mass is 452 g/mol. The topological polar surface area (TPSA) is 67.9 Å². The highest BCUT2D eigenvalue weighted by Crippen LogP contribution is 2.21. The molecule has 2 amide bonds. The molecule has 0 bridgehead atoms. The first-order chi connectivity index (χ1) is 16.0. The fourth-order valence-electron chi connectivity index (χ4n) is 4.30. The van der Waals surface area contributed by atoms with Crippen LogP contribution in [0.15, 0.2) is 48.5 Å². The number of aryl methyl sites for hydroxylation is 1. The summed E-state index contributed by atoms with van der Waals surface area (Å²) in [6.45, 7) is 4.22. The fraction of sp³-hybridized carbons (Fsp3) is 0.481. The predicted octanol–water partition coefficient (Wildman–Crippen LogP) is 4.50. The number of nitrogens with zero attached hydrogens (tertiary/aromatic N) is 1. The maximum absolute atomic E-state index is 13.3. The van der Waals surface area contributed by atoms with E-state index in [9.17, 15) is 9.59 Å². The molecule has 0 aromatic heterocycles. The van der Waals surface area contributed by atoms with Crippen LogP contribution in [-0.4, -0.2) is 42.5 Å². The SMILES string of the molecule is CCc1ccc(OCC(=O)N(Cc2cccc(OC)c2)C(CC)C(=O)NC2CCCC2)cc1. The van der Waals surface area contributed by atoms with Gasteiger partial charge in [-0.3, -0.25) is 9.59 Å². The Bertz CT molecular complexity index is 907. The zero-order valence-corrected chi connectivity index (χ0v) is 20.0.